The van der Waals surface area contributed by atoms with Gasteiger partial charge in [0.15, 0.2) is 0 Å². The summed E-state index contributed by atoms with van der Waals surface area (Å²) >= 11 is 3.41. The van der Waals surface area contributed by atoms with Gasteiger partial charge in [0.05, 0.1) is 11.0 Å². The van der Waals surface area contributed by atoms with Gasteiger partial charge in [-0.15, -0.1) is 0 Å². The molecule has 1 aromatic heterocycles. The summed E-state index contributed by atoms with van der Waals surface area (Å²) in [5, 5.41) is 13.4. The zero-order valence-electron chi connectivity index (χ0n) is 22.3. The van der Waals surface area contributed by atoms with Crippen LogP contribution < -0.4 is 16.4 Å². The summed E-state index contributed by atoms with van der Waals surface area (Å²) < 4.78 is 2.97. The molecule has 2 heterocycles. The van der Waals surface area contributed by atoms with Gasteiger partial charge in [0.25, 0.3) is 5.91 Å². The molecule has 0 atom stereocenters. The minimum absolute atomic E-state index is 0.00990. The Balaban J connectivity index is 1.16. The Bertz CT molecular complexity index is 1560. The molecule has 5 rings (SSSR count). The van der Waals surface area contributed by atoms with Crippen molar-refractivity contribution in [2.45, 2.75) is 31.7 Å². The summed E-state index contributed by atoms with van der Waals surface area (Å²) in [5.74, 6) is 0.994. The van der Waals surface area contributed by atoms with E-state index in [1.807, 2.05) is 78.7 Å². The third-order valence-corrected chi connectivity index (χ3v) is 7.82. The second-order valence-electron chi connectivity index (χ2n) is 10.1. The summed E-state index contributed by atoms with van der Waals surface area (Å²) in [6.07, 6.45) is 2.95. The molecule has 0 spiro atoms. The number of carbonyl (C=O) groups excluding carboxylic acids is 2. The van der Waals surface area contributed by atoms with Crippen LogP contribution in [0.3, 0.4) is 0 Å². The molecule has 3 aromatic carbocycles. The Morgan fingerprint density at radius 1 is 1.02 bits per heavy atom. The first kappa shape index (κ1) is 27.4. The van der Waals surface area contributed by atoms with Gasteiger partial charge < -0.3 is 25.8 Å². The van der Waals surface area contributed by atoms with Crippen molar-refractivity contribution in [3.8, 4) is 0 Å². The summed E-state index contributed by atoms with van der Waals surface area (Å²) in [5.41, 5.74) is 10.5. The number of anilines is 1. The van der Waals surface area contributed by atoms with E-state index in [0.717, 1.165) is 45.4 Å². The first-order chi connectivity index (χ1) is 19.3. The van der Waals surface area contributed by atoms with Crippen LogP contribution in [-0.4, -0.2) is 51.4 Å². The van der Waals surface area contributed by atoms with Crippen LogP contribution in [0.25, 0.3) is 11.0 Å². The summed E-state index contributed by atoms with van der Waals surface area (Å²) in [6, 6.07) is 20.6. The monoisotopic (exact) mass is 601 g/mol. The lowest BCUT2D eigenvalue weighted by atomic mass is 10.0. The number of likely N-dealkylation sites (tertiary alicyclic amines) is 1. The van der Waals surface area contributed by atoms with Gasteiger partial charge in [0.1, 0.15) is 11.7 Å². The summed E-state index contributed by atoms with van der Waals surface area (Å²) in [4.78, 5) is 32.4. The van der Waals surface area contributed by atoms with Crippen LogP contribution in [0.2, 0.25) is 0 Å². The molecule has 1 aliphatic heterocycles. The van der Waals surface area contributed by atoms with Gasteiger partial charge in [-0.05, 0) is 61.2 Å². The molecule has 0 bridgehead atoms. The molecule has 5 N–H and O–H groups in total. The second-order valence-corrected chi connectivity index (χ2v) is 11.0. The van der Waals surface area contributed by atoms with E-state index in [4.69, 9.17) is 16.1 Å². The van der Waals surface area contributed by atoms with Crippen LogP contribution >= 0.6 is 15.9 Å². The molecule has 9 nitrogen and oxygen atoms in total. The minimum Gasteiger partial charge on any atom is -0.384 e. The topological polar surface area (TPSA) is 129 Å². The smallest absolute Gasteiger partial charge is 0.319 e. The van der Waals surface area contributed by atoms with Crippen LogP contribution in [0, 0.1) is 5.41 Å². The maximum absolute atomic E-state index is 13.3. The first-order valence-electron chi connectivity index (χ1n) is 13.3. The summed E-state index contributed by atoms with van der Waals surface area (Å²) in [6.45, 7) is 1.16. The fourth-order valence-corrected chi connectivity index (χ4v) is 5.44. The van der Waals surface area contributed by atoms with E-state index in [1.54, 1.807) is 0 Å². The molecule has 0 radical (unpaired) electrons. The Morgan fingerprint density at radius 2 is 1.75 bits per heavy atom. The Hall–Kier alpha value is -4.18. The number of urea groups is 1. The SMILES string of the molecule is Cn1c(CCc2ccc(C(=N)N)cc2)nc2cc(C(=O)N3CCC(NC(=O)Nc4cccc(Br)c4)CC3)ccc21. The lowest BCUT2D eigenvalue weighted by Gasteiger charge is -2.32. The van der Waals surface area contributed by atoms with Crippen molar-refractivity contribution >= 4 is 50.4 Å². The maximum atomic E-state index is 13.3. The molecule has 4 aromatic rings. The number of amidine groups is 1. The van der Waals surface area contributed by atoms with Gasteiger partial charge in [0, 0.05) is 53.9 Å². The van der Waals surface area contributed by atoms with Crippen LogP contribution in [-0.2, 0) is 19.9 Å². The zero-order valence-corrected chi connectivity index (χ0v) is 23.9. The van der Waals surface area contributed by atoms with Crippen molar-refractivity contribution < 1.29 is 9.59 Å². The normalized spacial score (nSPS) is 13.8. The zero-order chi connectivity index (χ0) is 28.2. The van der Waals surface area contributed by atoms with Crippen molar-refractivity contribution in [3.05, 3.63) is 93.7 Å². The molecule has 10 heteroatoms. The number of amides is 3. The second kappa shape index (κ2) is 11.9. The lowest BCUT2D eigenvalue weighted by Crippen LogP contribution is -2.47. The van der Waals surface area contributed by atoms with Crippen molar-refractivity contribution in [2.24, 2.45) is 12.8 Å². The highest BCUT2D eigenvalue weighted by molar-refractivity contribution is 9.10. The molecule has 0 unspecified atom stereocenters. The van der Waals surface area contributed by atoms with E-state index >= 15 is 0 Å². The molecular formula is C30H32BrN7O2. The first-order valence-corrected chi connectivity index (χ1v) is 14.1. The molecule has 3 amide bonds. The van der Waals surface area contributed by atoms with Crippen molar-refractivity contribution in [1.82, 2.24) is 19.8 Å². The molecular weight excluding hydrogens is 570 g/mol. The number of carbonyl (C=O) groups is 2. The number of imidazole rings is 1. The Kier molecular flexibility index (Phi) is 8.16. The molecule has 206 valence electrons. The van der Waals surface area contributed by atoms with Gasteiger partial charge in [-0.3, -0.25) is 10.2 Å². The van der Waals surface area contributed by atoms with Crippen molar-refractivity contribution in [1.29, 1.82) is 5.41 Å². The molecule has 1 fully saturated rings. The largest absolute Gasteiger partial charge is 0.384 e. The number of piperidine rings is 1. The Morgan fingerprint density at radius 3 is 2.45 bits per heavy atom. The summed E-state index contributed by atoms with van der Waals surface area (Å²) in [7, 11) is 2.00. The maximum Gasteiger partial charge on any atom is 0.319 e. The van der Waals surface area contributed by atoms with Crippen LogP contribution in [0.1, 0.15) is 40.2 Å². The van der Waals surface area contributed by atoms with E-state index < -0.39 is 0 Å². The van der Waals surface area contributed by atoms with Gasteiger partial charge in [-0.1, -0.05) is 46.3 Å². The molecule has 0 aliphatic carbocycles. The number of halogens is 1. The number of nitrogens with one attached hydrogen (secondary N) is 3. The number of benzene rings is 3. The lowest BCUT2D eigenvalue weighted by molar-refractivity contribution is 0.0709. The van der Waals surface area contributed by atoms with Crippen molar-refractivity contribution in [3.63, 3.8) is 0 Å². The number of nitrogens with zero attached hydrogens (tertiary/aromatic N) is 3. The molecule has 0 saturated carbocycles. The predicted molar refractivity (Wildman–Crippen MR) is 161 cm³/mol. The van der Waals surface area contributed by atoms with E-state index in [1.165, 1.54) is 0 Å². The molecule has 1 saturated heterocycles. The molecule has 1 aliphatic rings. The number of hydrogen-bond acceptors (Lipinski definition) is 4. The highest BCUT2D eigenvalue weighted by Crippen LogP contribution is 2.21. The Labute approximate surface area is 241 Å². The van der Waals surface area contributed by atoms with E-state index in [2.05, 4.69) is 31.1 Å². The predicted octanol–water partition coefficient (Wildman–Crippen LogP) is 4.83. The fraction of sp³-hybridized carbons (Fsp3) is 0.267. The van der Waals surface area contributed by atoms with Gasteiger partial charge in [0.2, 0.25) is 0 Å². The van der Waals surface area contributed by atoms with E-state index in [-0.39, 0.29) is 23.8 Å². The number of fused-ring (bicyclic) bond motifs is 1. The molecule has 40 heavy (non-hydrogen) atoms. The number of nitrogen functional groups attached to an aromatic ring is 1. The van der Waals surface area contributed by atoms with E-state index in [9.17, 15) is 9.59 Å². The minimum atomic E-state index is -0.243. The van der Waals surface area contributed by atoms with Gasteiger partial charge in [-0.2, -0.15) is 0 Å². The number of nitrogens with two attached hydrogens (primary N) is 1. The van der Waals surface area contributed by atoms with Crippen LogP contribution in [0.4, 0.5) is 10.5 Å². The average molecular weight is 603 g/mol. The fourth-order valence-electron chi connectivity index (χ4n) is 5.04. The quantitative estimate of drug-likeness (QED) is 0.178. The standard InChI is InChI=1S/C30H32BrN7O2/c1-37-26-11-10-21(17-25(26)36-27(37)12-7-19-5-8-20(9-6-19)28(32)33)29(39)38-15-13-23(14-16-38)34-30(40)35-24-4-2-3-22(31)18-24/h2-6,8-11,17-18,23H,7,12-16H2,1H3,(H3,32,33)(H2,34,35,40). The van der Waals surface area contributed by atoms with Gasteiger partial charge >= 0.3 is 6.03 Å². The number of aryl methyl sites for hydroxylation is 3. The highest BCUT2D eigenvalue weighted by atomic mass is 79.9. The third kappa shape index (κ3) is 6.34. The number of hydrogen-bond donors (Lipinski definition) is 4. The third-order valence-electron chi connectivity index (χ3n) is 7.32. The number of aromatic nitrogens is 2. The highest BCUT2D eigenvalue weighted by Gasteiger charge is 2.25. The number of rotatable bonds is 7. The van der Waals surface area contributed by atoms with Gasteiger partial charge in [-0.25, -0.2) is 9.78 Å². The van der Waals surface area contributed by atoms with Crippen LogP contribution in [0.15, 0.2) is 71.2 Å². The van der Waals surface area contributed by atoms with E-state index in [0.29, 0.717) is 37.1 Å². The average Bonchev–Trinajstić information content (AvgIpc) is 3.26. The van der Waals surface area contributed by atoms with Crippen molar-refractivity contribution in [2.75, 3.05) is 18.4 Å². The van der Waals surface area contributed by atoms with Crippen LogP contribution in [0.5, 0.6) is 0 Å².